The molecule has 0 aliphatic heterocycles. The molecule has 4 nitrogen and oxygen atoms in total. The third-order valence-electron chi connectivity index (χ3n) is 2.88. The third kappa shape index (κ3) is 4.91. The van der Waals surface area contributed by atoms with Crippen molar-refractivity contribution in [1.82, 2.24) is 4.98 Å². The molecule has 0 N–H and O–H groups in total. The maximum absolute atomic E-state index is 13.6. The summed E-state index contributed by atoms with van der Waals surface area (Å²) in [6, 6.07) is 10.1. The van der Waals surface area contributed by atoms with E-state index in [1.54, 1.807) is 30.5 Å². The van der Waals surface area contributed by atoms with Crippen LogP contribution >= 0.6 is 0 Å². The van der Waals surface area contributed by atoms with E-state index >= 15 is 0 Å². The van der Waals surface area contributed by atoms with E-state index in [1.807, 2.05) is 6.07 Å². The summed E-state index contributed by atoms with van der Waals surface area (Å²) in [5.74, 6) is -0.306. The van der Waals surface area contributed by atoms with Crippen molar-refractivity contribution >= 4 is 10.1 Å². The number of hydrogen-bond acceptors (Lipinski definition) is 4. The standard InChI is InChI=1S/C15H16FNO3S/c1-21(18,19)20-10-4-5-12-8-9-15(17-11-12)13-6-2-3-7-14(13)16/h2-3,6-9,11H,4-5,10H2,1H3. The number of nitrogens with zero attached hydrogens (tertiary/aromatic N) is 1. The second kappa shape index (κ2) is 6.78. The van der Waals surface area contributed by atoms with Gasteiger partial charge in [-0.25, -0.2) is 4.39 Å². The summed E-state index contributed by atoms with van der Waals surface area (Å²) in [5, 5.41) is 0. The van der Waals surface area contributed by atoms with Crippen LogP contribution in [0.2, 0.25) is 0 Å². The first-order valence-electron chi connectivity index (χ1n) is 6.50. The summed E-state index contributed by atoms with van der Waals surface area (Å²) in [6.07, 6.45) is 3.92. The Labute approximate surface area is 123 Å². The minimum absolute atomic E-state index is 0.147. The first kappa shape index (κ1) is 15.6. The highest BCUT2D eigenvalue weighted by Gasteiger charge is 2.05. The second-order valence-corrected chi connectivity index (χ2v) is 6.31. The van der Waals surface area contributed by atoms with E-state index in [2.05, 4.69) is 9.17 Å². The summed E-state index contributed by atoms with van der Waals surface area (Å²) in [7, 11) is -3.38. The van der Waals surface area contributed by atoms with Gasteiger partial charge >= 0.3 is 0 Å². The summed E-state index contributed by atoms with van der Waals surface area (Å²) in [4.78, 5) is 4.24. The van der Waals surface area contributed by atoms with Crippen LogP contribution in [0, 0.1) is 5.82 Å². The quantitative estimate of drug-likeness (QED) is 0.608. The molecule has 0 amide bonds. The predicted octanol–water partition coefficient (Wildman–Crippen LogP) is 2.80. The van der Waals surface area contributed by atoms with Crippen molar-refractivity contribution in [2.75, 3.05) is 12.9 Å². The van der Waals surface area contributed by atoms with Gasteiger partial charge in [0.05, 0.1) is 18.6 Å². The number of aryl methyl sites for hydroxylation is 1. The number of pyridine rings is 1. The Bertz CT molecular complexity index is 699. The molecule has 0 atom stereocenters. The average Bonchev–Trinajstić information content (AvgIpc) is 2.44. The molecule has 0 unspecified atom stereocenters. The molecule has 112 valence electrons. The Kier molecular flexibility index (Phi) is 5.03. The van der Waals surface area contributed by atoms with Gasteiger partial charge in [0, 0.05) is 11.8 Å². The fourth-order valence-electron chi connectivity index (χ4n) is 1.89. The third-order valence-corrected chi connectivity index (χ3v) is 3.48. The SMILES string of the molecule is CS(=O)(=O)OCCCc1ccc(-c2ccccc2F)nc1. The van der Waals surface area contributed by atoms with E-state index < -0.39 is 10.1 Å². The zero-order valence-corrected chi connectivity index (χ0v) is 12.4. The topological polar surface area (TPSA) is 56.3 Å². The number of halogens is 1. The number of rotatable bonds is 6. The molecule has 1 aromatic carbocycles. The van der Waals surface area contributed by atoms with Gasteiger partial charge in [-0.3, -0.25) is 9.17 Å². The maximum Gasteiger partial charge on any atom is 0.264 e. The molecule has 6 heteroatoms. The van der Waals surface area contributed by atoms with Crippen molar-refractivity contribution in [2.45, 2.75) is 12.8 Å². The van der Waals surface area contributed by atoms with Crippen LogP contribution in [0.1, 0.15) is 12.0 Å². The largest absolute Gasteiger partial charge is 0.270 e. The Morgan fingerprint density at radius 3 is 2.57 bits per heavy atom. The molecule has 0 aliphatic rings. The van der Waals surface area contributed by atoms with Crippen molar-refractivity contribution in [3.63, 3.8) is 0 Å². The van der Waals surface area contributed by atoms with Crippen LogP contribution in [0.5, 0.6) is 0 Å². The van der Waals surface area contributed by atoms with Crippen LogP contribution < -0.4 is 0 Å². The number of benzene rings is 1. The molecule has 21 heavy (non-hydrogen) atoms. The summed E-state index contributed by atoms with van der Waals surface area (Å²) >= 11 is 0. The Balaban J connectivity index is 1.95. The van der Waals surface area contributed by atoms with Gasteiger partial charge in [0.2, 0.25) is 0 Å². The molecule has 1 aromatic heterocycles. The molecular weight excluding hydrogens is 293 g/mol. The molecule has 1 heterocycles. The highest BCUT2D eigenvalue weighted by Crippen LogP contribution is 2.20. The monoisotopic (exact) mass is 309 g/mol. The lowest BCUT2D eigenvalue weighted by Gasteiger charge is -2.05. The molecule has 0 spiro atoms. The van der Waals surface area contributed by atoms with Crippen molar-refractivity contribution < 1.29 is 17.0 Å². The second-order valence-electron chi connectivity index (χ2n) is 4.66. The minimum atomic E-state index is -3.38. The predicted molar refractivity (Wildman–Crippen MR) is 78.7 cm³/mol. The van der Waals surface area contributed by atoms with Gasteiger partial charge in [0.15, 0.2) is 0 Å². The molecule has 0 bridgehead atoms. The van der Waals surface area contributed by atoms with Gasteiger partial charge in [-0.15, -0.1) is 0 Å². The van der Waals surface area contributed by atoms with Crippen molar-refractivity contribution in [1.29, 1.82) is 0 Å². The molecular formula is C15H16FNO3S. The highest BCUT2D eigenvalue weighted by molar-refractivity contribution is 7.85. The smallest absolute Gasteiger partial charge is 0.264 e. The fourth-order valence-corrected chi connectivity index (χ4v) is 2.31. The van der Waals surface area contributed by atoms with E-state index in [9.17, 15) is 12.8 Å². The molecule has 0 saturated heterocycles. The van der Waals surface area contributed by atoms with Crippen LogP contribution in [-0.4, -0.2) is 26.3 Å². The fraction of sp³-hybridized carbons (Fsp3) is 0.267. The van der Waals surface area contributed by atoms with Gasteiger partial charge in [-0.05, 0) is 36.6 Å². The van der Waals surface area contributed by atoms with Crippen LogP contribution in [0.15, 0.2) is 42.6 Å². The van der Waals surface area contributed by atoms with E-state index in [0.29, 0.717) is 24.1 Å². The van der Waals surface area contributed by atoms with Crippen LogP contribution in [-0.2, 0) is 20.7 Å². The van der Waals surface area contributed by atoms with Gasteiger partial charge in [-0.2, -0.15) is 8.42 Å². The number of aromatic nitrogens is 1. The molecule has 0 aliphatic carbocycles. The normalized spacial score (nSPS) is 11.5. The summed E-state index contributed by atoms with van der Waals surface area (Å²) in [5.41, 5.74) is 1.99. The lowest BCUT2D eigenvalue weighted by molar-refractivity contribution is 0.316. The maximum atomic E-state index is 13.6. The van der Waals surface area contributed by atoms with Gasteiger partial charge in [-0.1, -0.05) is 18.2 Å². The molecule has 2 aromatic rings. The Morgan fingerprint density at radius 2 is 1.95 bits per heavy atom. The summed E-state index contributed by atoms with van der Waals surface area (Å²) in [6.45, 7) is 0.147. The first-order valence-corrected chi connectivity index (χ1v) is 8.31. The minimum Gasteiger partial charge on any atom is -0.270 e. The van der Waals surface area contributed by atoms with E-state index in [1.165, 1.54) is 6.07 Å². The first-order chi connectivity index (χ1) is 9.96. The van der Waals surface area contributed by atoms with Gasteiger partial charge in [0.1, 0.15) is 5.82 Å². The van der Waals surface area contributed by atoms with E-state index in [4.69, 9.17) is 0 Å². The van der Waals surface area contributed by atoms with E-state index in [-0.39, 0.29) is 12.4 Å². The van der Waals surface area contributed by atoms with Gasteiger partial charge in [0.25, 0.3) is 10.1 Å². The lowest BCUT2D eigenvalue weighted by atomic mass is 10.1. The number of hydrogen-bond donors (Lipinski definition) is 0. The van der Waals surface area contributed by atoms with Crippen LogP contribution in [0.25, 0.3) is 11.3 Å². The van der Waals surface area contributed by atoms with Crippen molar-refractivity contribution in [3.8, 4) is 11.3 Å². The van der Waals surface area contributed by atoms with Crippen molar-refractivity contribution in [3.05, 3.63) is 54.0 Å². The van der Waals surface area contributed by atoms with Crippen molar-refractivity contribution in [2.24, 2.45) is 0 Å². The average molecular weight is 309 g/mol. The van der Waals surface area contributed by atoms with Crippen LogP contribution in [0.3, 0.4) is 0 Å². The lowest BCUT2D eigenvalue weighted by Crippen LogP contribution is -2.05. The Morgan fingerprint density at radius 1 is 1.19 bits per heavy atom. The summed E-state index contributed by atoms with van der Waals surface area (Å²) < 4.78 is 39.9. The Hall–Kier alpha value is -1.79. The zero-order chi connectivity index (χ0) is 15.3. The zero-order valence-electron chi connectivity index (χ0n) is 11.6. The molecule has 0 fully saturated rings. The molecule has 0 saturated carbocycles. The van der Waals surface area contributed by atoms with Crippen LogP contribution in [0.4, 0.5) is 4.39 Å². The molecule has 2 rings (SSSR count). The highest BCUT2D eigenvalue weighted by atomic mass is 32.2. The van der Waals surface area contributed by atoms with E-state index in [0.717, 1.165) is 11.8 Å². The molecule has 0 radical (unpaired) electrons. The van der Waals surface area contributed by atoms with Gasteiger partial charge < -0.3 is 0 Å².